The van der Waals surface area contributed by atoms with Crippen molar-refractivity contribution in [3.8, 4) is 16.9 Å². The summed E-state index contributed by atoms with van der Waals surface area (Å²) in [5.74, 6) is -1.72. The standard InChI is InChI=1S/C28H24Cl2N4O6/c29-20-4-1-5-21(30)25(20)26(36)33-22(28(38)39)13-17-6-8-19(9-7-17)24-23(15-32-34(11-12-35)27(24)37)40-16-18-3-2-10-31-14-18/h1-10,14-15,22,35H,11-13,16H2,(H,33,36)(H,38,39)/t22-/m0/s1. The van der Waals surface area contributed by atoms with E-state index in [1.165, 1.54) is 18.3 Å². The molecule has 2 aromatic heterocycles. The number of carboxylic acid groups (broad SMARTS) is 1. The van der Waals surface area contributed by atoms with Crippen LogP contribution in [0.2, 0.25) is 10.0 Å². The molecule has 2 heterocycles. The highest BCUT2D eigenvalue weighted by atomic mass is 35.5. The first-order valence-electron chi connectivity index (χ1n) is 12.1. The lowest BCUT2D eigenvalue weighted by molar-refractivity contribution is -0.139. The van der Waals surface area contributed by atoms with E-state index >= 15 is 0 Å². The molecule has 3 N–H and O–H groups in total. The van der Waals surface area contributed by atoms with Crippen LogP contribution < -0.4 is 15.6 Å². The first-order chi connectivity index (χ1) is 19.3. The summed E-state index contributed by atoms with van der Waals surface area (Å²) in [4.78, 5) is 41.9. The number of hydrogen-bond donors (Lipinski definition) is 3. The number of aliphatic carboxylic acids is 1. The second-order valence-electron chi connectivity index (χ2n) is 8.65. The van der Waals surface area contributed by atoms with Crippen LogP contribution in [0.4, 0.5) is 0 Å². The molecule has 0 aliphatic carbocycles. The van der Waals surface area contributed by atoms with Gasteiger partial charge in [0.05, 0.1) is 40.5 Å². The highest BCUT2D eigenvalue weighted by molar-refractivity contribution is 6.39. The smallest absolute Gasteiger partial charge is 0.326 e. The molecule has 0 fully saturated rings. The lowest BCUT2D eigenvalue weighted by Gasteiger charge is -2.16. The molecular weight excluding hydrogens is 559 g/mol. The molecule has 2 aromatic carbocycles. The van der Waals surface area contributed by atoms with Crippen molar-refractivity contribution in [2.45, 2.75) is 25.6 Å². The number of hydrogen-bond acceptors (Lipinski definition) is 7. The Morgan fingerprint density at radius 2 is 1.73 bits per heavy atom. The number of nitrogens with zero attached hydrogens (tertiary/aromatic N) is 3. The monoisotopic (exact) mass is 582 g/mol. The number of ether oxygens (including phenoxy) is 1. The molecule has 40 heavy (non-hydrogen) atoms. The molecule has 1 amide bonds. The highest BCUT2D eigenvalue weighted by Gasteiger charge is 2.24. The molecule has 4 rings (SSSR count). The van der Waals surface area contributed by atoms with Gasteiger partial charge in [-0.3, -0.25) is 14.6 Å². The topological polar surface area (TPSA) is 144 Å². The van der Waals surface area contributed by atoms with Gasteiger partial charge in [-0.25, -0.2) is 9.48 Å². The minimum atomic E-state index is -1.27. The van der Waals surface area contributed by atoms with Gasteiger partial charge in [-0.1, -0.05) is 59.6 Å². The third-order valence-corrected chi connectivity index (χ3v) is 6.54. The maximum Gasteiger partial charge on any atom is 0.326 e. The number of nitrogens with one attached hydrogen (secondary N) is 1. The number of carbonyl (C=O) groups excluding carboxylic acids is 1. The zero-order valence-corrected chi connectivity index (χ0v) is 22.5. The highest BCUT2D eigenvalue weighted by Crippen LogP contribution is 2.28. The average molecular weight is 583 g/mol. The Morgan fingerprint density at radius 1 is 1.00 bits per heavy atom. The van der Waals surface area contributed by atoms with Crippen molar-refractivity contribution in [3.05, 3.63) is 110 Å². The second kappa shape index (κ2) is 13.2. The van der Waals surface area contributed by atoms with Crippen LogP contribution in [-0.2, 0) is 24.4 Å². The van der Waals surface area contributed by atoms with E-state index < -0.39 is 23.5 Å². The SMILES string of the molecule is O=C(N[C@@H](Cc1ccc(-c2c(OCc3cccnc3)cnn(CCO)c2=O)cc1)C(=O)O)c1c(Cl)cccc1Cl. The second-order valence-corrected chi connectivity index (χ2v) is 9.46. The van der Waals surface area contributed by atoms with Crippen LogP contribution in [-0.4, -0.2) is 49.5 Å². The summed E-state index contributed by atoms with van der Waals surface area (Å²) >= 11 is 12.2. The first kappa shape index (κ1) is 28.8. The third kappa shape index (κ3) is 6.84. The number of benzene rings is 2. The van der Waals surface area contributed by atoms with E-state index in [1.54, 1.807) is 48.8 Å². The number of pyridine rings is 1. The van der Waals surface area contributed by atoms with E-state index in [4.69, 9.17) is 27.9 Å². The number of amides is 1. The molecule has 10 nitrogen and oxygen atoms in total. The maximum absolute atomic E-state index is 13.2. The van der Waals surface area contributed by atoms with Crippen LogP contribution in [0.1, 0.15) is 21.5 Å². The van der Waals surface area contributed by atoms with Crippen molar-refractivity contribution in [1.82, 2.24) is 20.1 Å². The minimum absolute atomic E-state index is 0.00222. The Bertz CT molecular complexity index is 1540. The van der Waals surface area contributed by atoms with Crippen LogP contribution >= 0.6 is 23.2 Å². The van der Waals surface area contributed by atoms with E-state index in [0.29, 0.717) is 11.1 Å². The van der Waals surface area contributed by atoms with Crippen molar-refractivity contribution in [3.63, 3.8) is 0 Å². The van der Waals surface area contributed by atoms with Gasteiger partial charge in [-0.2, -0.15) is 5.10 Å². The summed E-state index contributed by atoms with van der Waals surface area (Å²) in [6, 6.07) is 13.5. The lowest BCUT2D eigenvalue weighted by Crippen LogP contribution is -2.42. The zero-order valence-electron chi connectivity index (χ0n) is 21.0. The molecule has 0 bridgehead atoms. The first-order valence-corrected chi connectivity index (χ1v) is 12.8. The normalized spacial score (nSPS) is 11.6. The van der Waals surface area contributed by atoms with Gasteiger partial charge in [-0.15, -0.1) is 0 Å². The van der Waals surface area contributed by atoms with Gasteiger partial charge in [0.2, 0.25) is 0 Å². The van der Waals surface area contributed by atoms with E-state index in [-0.39, 0.29) is 53.1 Å². The van der Waals surface area contributed by atoms with Crippen molar-refractivity contribution in [1.29, 1.82) is 0 Å². The Labute approximate surface area is 238 Å². The van der Waals surface area contributed by atoms with Crippen molar-refractivity contribution >= 4 is 35.1 Å². The van der Waals surface area contributed by atoms with Crippen LogP contribution in [0, 0.1) is 0 Å². The predicted octanol–water partition coefficient (Wildman–Crippen LogP) is 3.61. The van der Waals surface area contributed by atoms with Gasteiger partial charge in [0.25, 0.3) is 11.5 Å². The molecule has 12 heteroatoms. The summed E-state index contributed by atoms with van der Waals surface area (Å²) in [5, 5.41) is 25.8. The molecule has 1 atom stereocenters. The summed E-state index contributed by atoms with van der Waals surface area (Å²) in [6.45, 7) is -0.120. The average Bonchev–Trinajstić information content (AvgIpc) is 2.94. The van der Waals surface area contributed by atoms with Crippen LogP contribution in [0.15, 0.2) is 78.0 Å². The number of halogens is 2. The zero-order chi connectivity index (χ0) is 28.6. The molecule has 0 saturated carbocycles. The van der Waals surface area contributed by atoms with E-state index in [9.17, 15) is 24.6 Å². The number of aliphatic hydroxyl groups excluding tert-OH is 1. The van der Waals surface area contributed by atoms with Gasteiger partial charge in [0.15, 0.2) is 5.75 Å². The third-order valence-electron chi connectivity index (χ3n) is 5.91. The fourth-order valence-corrected chi connectivity index (χ4v) is 4.50. The molecular formula is C28H24Cl2N4O6. The van der Waals surface area contributed by atoms with Gasteiger partial charge >= 0.3 is 5.97 Å². The van der Waals surface area contributed by atoms with Crippen LogP contribution in [0.25, 0.3) is 11.1 Å². The van der Waals surface area contributed by atoms with Gasteiger partial charge in [0.1, 0.15) is 12.6 Å². The van der Waals surface area contributed by atoms with Crippen molar-refractivity contribution < 1.29 is 24.5 Å². The predicted molar refractivity (Wildman–Crippen MR) is 149 cm³/mol. The Kier molecular flexibility index (Phi) is 9.49. The fraction of sp³-hybridized carbons (Fsp3) is 0.179. The maximum atomic E-state index is 13.2. The lowest BCUT2D eigenvalue weighted by atomic mass is 10.0. The number of carbonyl (C=O) groups is 2. The summed E-state index contributed by atoms with van der Waals surface area (Å²) in [6.07, 6.45) is 4.65. The van der Waals surface area contributed by atoms with E-state index in [2.05, 4.69) is 15.4 Å². The van der Waals surface area contributed by atoms with Gasteiger partial charge < -0.3 is 20.3 Å². The van der Waals surface area contributed by atoms with Crippen LogP contribution in [0.5, 0.6) is 5.75 Å². The minimum Gasteiger partial charge on any atom is -0.486 e. The molecule has 0 aliphatic heterocycles. The fourth-order valence-electron chi connectivity index (χ4n) is 3.94. The number of carboxylic acids is 1. The summed E-state index contributed by atoms with van der Waals surface area (Å²) in [7, 11) is 0. The molecule has 0 aliphatic rings. The summed E-state index contributed by atoms with van der Waals surface area (Å²) in [5.41, 5.74) is 1.64. The molecule has 0 spiro atoms. The van der Waals surface area contributed by atoms with Gasteiger partial charge in [0, 0.05) is 24.4 Å². The summed E-state index contributed by atoms with van der Waals surface area (Å²) < 4.78 is 7.03. The van der Waals surface area contributed by atoms with Gasteiger partial charge in [-0.05, 0) is 29.3 Å². The van der Waals surface area contributed by atoms with Crippen molar-refractivity contribution in [2.24, 2.45) is 0 Å². The molecule has 0 radical (unpaired) electrons. The quantitative estimate of drug-likeness (QED) is 0.243. The Balaban J connectivity index is 1.57. The van der Waals surface area contributed by atoms with Crippen LogP contribution in [0.3, 0.4) is 0 Å². The Hall–Kier alpha value is -4.25. The molecule has 0 saturated heterocycles. The van der Waals surface area contributed by atoms with E-state index in [0.717, 1.165) is 10.2 Å². The number of rotatable bonds is 11. The number of aliphatic hydroxyl groups is 1. The molecule has 206 valence electrons. The largest absolute Gasteiger partial charge is 0.486 e. The number of aromatic nitrogens is 3. The molecule has 0 unspecified atom stereocenters. The Morgan fingerprint density at radius 3 is 2.35 bits per heavy atom. The molecule has 4 aromatic rings. The van der Waals surface area contributed by atoms with Crippen molar-refractivity contribution in [2.75, 3.05) is 6.61 Å². The van der Waals surface area contributed by atoms with E-state index in [1.807, 2.05) is 6.07 Å².